The lowest BCUT2D eigenvalue weighted by Gasteiger charge is -2.37. The third kappa shape index (κ3) is 5.76. The van der Waals surface area contributed by atoms with Crippen LogP contribution in [0.25, 0.3) is 5.65 Å². The Morgan fingerprint density at radius 1 is 1.08 bits per heavy atom. The van der Waals surface area contributed by atoms with E-state index in [9.17, 15) is 19.2 Å². The Morgan fingerprint density at radius 2 is 1.76 bits per heavy atom. The second-order valence-corrected chi connectivity index (χ2v) is 14.8. The van der Waals surface area contributed by atoms with Crippen LogP contribution in [0.4, 0.5) is 10.6 Å². The average molecular weight is 678 g/mol. The van der Waals surface area contributed by atoms with E-state index in [2.05, 4.69) is 10.2 Å². The van der Waals surface area contributed by atoms with Gasteiger partial charge < -0.3 is 19.9 Å². The predicted molar refractivity (Wildman–Crippen MR) is 187 cm³/mol. The first-order chi connectivity index (χ1) is 23.8. The van der Waals surface area contributed by atoms with Crippen LogP contribution in [0.2, 0.25) is 0 Å². The Hall–Kier alpha value is -5.26. The maximum atomic E-state index is 14.8. The van der Waals surface area contributed by atoms with Crippen molar-refractivity contribution < 1.29 is 23.9 Å². The first kappa shape index (κ1) is 33.2. The molecule has 50 heavy (non-hydrogen) atoms. The molecule has 3 aliphatic rings. The monoisotopic (exact) mass is 677 g/mol. The predicted octanol–water partition coefficient (Wildman–Crippen LogP) is 4.84. The van der Waals surface area contributed by atoms with Gasteiger partial charge in [-0.05, 0) is 77.1 Å². The Kier molecular flexibility index (Phi) is 8.15. The van der Waals surface area contributed by atoms with Crippen LogP contribution >= 0.6 is 0 Å². The lowest BCUT2D eigenvalue weighted by molar-refractivity contribution is -0.138. The standard InChI is InChI=1S/C38H43N7O5/c1-23-20-45-31(40-32(23)43-18-16-26(21-43)39-36(49)50-37(3,4)5)19-30(41-45)24(2)42(6)35(48)38(17-15-25-11-7-10-14-29(25)38)22-44-33(46)27-12-8-9-13-28(27)34(44)47/h7-14,19-20,24,26H,15-18,21-22H2,1-6H3,(H,39,49)/t24-,26-,38?/m0/s1. The van der Waals surface area contributed by atoms with Crippen LogP contribution in [0.15, 0.2) is 60.8 Å². The largest absolute Gasteiger partial charge is 0.444 e. The van der Waals surface area contributed by atoms with Crippen LogP contribution in [-0.2, 0) is 21.4 Å². The number of imide groups is 1. The molecule has 0 spiro atoms. The Bertz CT molecular complexity index is 2000. The molecule has 0 bridgehead atoms. The lowest BCUT2D eigenvalue weighted by Crippen LogP contribution is -2.52. The molecule has 3 atom stereocenters. The molecule has 2 aromatic carbocycles. The number of benzene rings is 2. The summed E-state index contributed by atoms with van der Waals surface area (Å²) in [7, 11) is 1.76. The molecule has 4 amide bonds. The summed E-state index contributed by atoms with van der Waals surface area (Å²) in [6, 6.07) is 16.0. The molecule has 0 radical (unpaired) electrons. The second-order valence-electron chi connectivity index (χ2n) is 14.8. The zero-order chi connectivity index (χ0) is 35.5. The van der Waals surface area contributed by atoms with Gasteiger partial charge >= 0.3 is 6.09 Å². The molecular weight excluding hydrogens is 634 g/mol. The van der Waals surface area contributed by atoms with E-state index in [1.165, 1.54) is 4.90 Å². The van der Waals surface area contributed by atoms with Gasteiger partial charge in [0.25, 0.3) is 11.8 Å². The van der Waals surface area contributed by atoms with Crippen molar-refractivity contribution in [2.24, 2.45) is 0 Å². The van der Waals surface area contributed by atoms with E-state index in [0.29, 0.717) is 41.9 Å². The summed E-state index contributed by atoms with van der Waals surface area (Å²) in [6.07, 6.45) is 3.42. The van der Waals surface area contributed by atoms with Crippen LogP contribution in [0, 0.1) is 6.92 Å². The molecule has 4 heterocycles. The van der Waals surface area contributed by atoms with Crippen molar-refractivity contribution in [2.75, 3.05) is 31.6 Å². The van der Waals surface area contributed by atoms with Gasteiger partial charge in [-0.3, -0.25) is 19.3 Å². The maximum absolute atomic E-state index is 14.8. The summed E-state index contributed by atoms with van der Waals surface area (Å²) in [5.74, 6) is -0.105. The minimum Gasteiger partial charge on any atom is -0.444 e. The molecule has 260 valence electrons. The molecule has 12 nitrogen and oxygen atoms in total. The number of hydrogen-bond acceptors (Lipinski definition) is 8. The van der Waals surface area contributed by atoms with Crippen molar-refractivity contribution in [3.05, 3.63) is 94.3 Å². The van der Waals surface area contributed by atoms with Gasteiger partial charge in [0.2, 0.25) is 5.91 Å². The normalized spacial score (nSPS) is 20.6. The minimum absolute atomic E-state index is 0.0405. The number of nitrogens with one attached hydrogen (secondary N) is 1. The molecule has 0 saturated carbocycles. The molecule has 4 aromatic rings. The summed E-state index contributed by atoms with van der Waals surface area (Å²) in [4.78, 5) is 64.2. The molecule has 1 aliphatic carbocycles. The van der Waals surface area contributed by atoms with Gasteiger partial charge in [-0.15, -0.1) is 0 Å². The summed E-state index contributed by atoms with van der Waals surface area (Å²) in [5, 5.41) is 7.80. The number of rotatable bonds is 7. The van der Waals surface area contributed by atoms with Crippen molar-refractivity contribution >= 4 is 35.3 Å². The fourth-order valence-corrected chi connectivity index (χ4v) is 7.59. The van der Waals surface area contributed by atoms with Gasteiger partial charge in [0, 0.05) is 44.5 Å². The van der Waals surface area contributed by atoms with Crippen molar-refractivity contribution in [1.82, 2.24) is 29.7 Å². The topological polar surface area (TPSA) is 129 Å². The van der Waals surface area contributed by atoms with E-state index >= 15 is 0 Å². The Morgan fingerprint density at radius 3 is 2.46 bits per heavy atom. The second kappa shape index (κ2) is 12.3. The van der Waals surface area contributed by atoms with Gasteiger partial charge in [0.05, 0.1) is 34.3 Å². The number of amides is 4. The minimum atomic E-state index is -1.10. The number of aryl methyl sites for hydroxylation is 2. The van der Waals surface area contributed by atoms with Crippen molar-refractivity contribution in [1.29, 1.82) is 0 Å². The van der Waals surface area contributed by atoms with Crippen LogP contribution < -0.4 is 10.2 Å². The molecule has 1 N–H and O–H groups in total. The molecule has 2 aliphatic heterocycles. The van der Waals surface area contributed by atoms with E-state index in [-0.39, 0.29) is 30.3 Å². The number of nitrogens with zero attached hydrogens (tertiary/aromatic N) is 6. The third-order valence-electron chi connectivity index (χ3n) is 10.2. The summed E-state index contributed by atoms with van der Waals surface area (Å²) < 4.78 is 7.17. The highest BCUT2D eigenvalue weighted by Gasteiger charge is 2.51. The number of anilines is 1. The van der Waals surface area contributed by atoms with Crippen LogP contribution in [0.3, 0.4) is 0 Å². The van der Waals surface area contributed by atoms with Crippen molar-refractivity contribution in [3.63, 3.8) is 0 Å². The Balaban J connectivity index is 1.13. The molecule has 12 heteroatoms. The number of alkyl carbamates (subject to hydrolysis) is 1. The molecule has 1 unspecified atom stereocenters. The molecule has 1 fully saturated rings. The summed E-state index contributed by atoms with van der Waals surface area (Å²) in [5.41, 5.74) is 3.20. The highest BCUT2D eigenvalue weighted by Crippen LogP contribution is 2.43. The highest BCUT2D eigenvalue weighted by molar-refractivity contribution is 6.21. The number of hydrogen-bond donors (Lipinski definition) is 1. The van der Waals surface area contributed by atoms with Crippen molar-refractivity contribution in [2.45, 2.75) is 77.0 Å². The van der Waals surface area contributed by atoms with E-state index < -0.39 is 23.2 Å². The van der Waals surface area contributed by atoms with Crippen LogP contribution in [0.1, 0.15) is 89.7 Å². The fourth-order valence-electron chi connectivity index (χ4n) is 7.59. The van der Waals surface area contributed by atoms with E-state index in [0.717, 1.165) is 35.5 Å². The van der Waals surface area contributed by atoms with Crippen LogP contribution in [-0.4, -0.2) is 86.5 Å². The number of carbonyl (C=O) groups is 4. The number of ether oxygens (including phenoxy) is 1. The third-order valence-corrected chi connectivity index (χ3v) is 10.2. The van der Waals surface area contributed by atoms with Gasteiger partial charge in [-0.1, -0.05) is 36.4 Å². The summed E-state index contributed by atoms with van der Waals surface area (Å²) in [6.45, 7) is 10.7. The molecular formula is C38H43N7O5. The first-order valence-corrected chi connectivity index (χ1v) is 17.2. The van der Waals surface area contributed by atoms with Crippen molar-refractivity contribution in [3.8, 4) is 0 Å². The smallest absolute Gasteiger partial charge is 0.407 e. The fraction of sp³-hybridized carbons (Fsp3) is 0.421. The average Bonchev–Trinajstić information content (AvgIpc) is 3.85. The zero-order valence-corrected chi connectivity index (χ0v) is 29.4. The molecule has 7 rings (SSSR count). The first-order valence-electron chi connectivity index (χ1n) is 17.2. The van der Waals surface area contributed by atoms with Crippen LogP contribution in [0.5, 0.6) is 0 Å². The van der Waals surface area contributed by atoms with E-state index in [4.69, 9.17) is 14.8 Å². The maximum Gasteiger partial charge on any atom is 0.407 e. The number of carbonyl (C=O) groups excluding carboxylic acids is 4. The quantitative estimate of drug-likeness (QED) is 0.275. The Labute approximate surface area is 291 Å². The van der Waals surface area contributed by atoms with Gasteiger partial charge in [0.1, 0.15) is 11.4 Å². The number of aromatic nitrogens is 3. The van der Waals surface area contributed by atoms with E-state index in [1.807, 2.05) is 71.1 Å². The zero-order valence-electron chi connectivity index (χ0n) is 29.4. The van der Waals surface area contributed by atoms with Gasteiger partial charge in [0.15, 0.2) is 5.65 Å². The van der Waals surface area contributed by atoms with Gasteiger partial charge in [-0.2, -0.15) is 5.10 Å². The van der Waals surface area contributed by atoms with Gasteiger partial charge in [-0.25, -0.2) is 14.3 Å². The summed E-state index contributed by atoms with van der Waals surface area (Å²) >= 11 is 0. The highest BCUT2D eigenvalue weighted by atomic mass is 16.6. The van der Waals surface area contributed by atoms with E-state index in [1.54, 1.807) is 40.7 Å². The number of fused-ring (bicyclic) bond motifs is 3. The molecule has 1 saturated heterocycles. The lowest BCUT2D eigenvalue weighted by atomic mass is 9.79. The molecule has 2 aromatic heterocycles. The SMILES string of the molecule is Cc1cn2nc([C@H](C)N(C)C(=O)C3(CN4C(=O)c5ccccc5C4=O)CCc4ccccc43)cc2nc1N1CC[C@H](NC(=O)OC(C)(C)C)C1. The number of likely N-dealkylation sites (N-methyl/N-ethyl adjacent to an activating group) is 1.